The Morgan fingerprint density at radius 3 is 2.71 bits per heavy atom. The maximum atomic E-state index is 11.3. The van der Waals surface area contributed by atoms with Gasteiger partial charge in [0.15, 0.2) is 0 Å². The van der Waals surface area contributed by atoms with Crippen LogP contribution in [-0.2, 0) is 4.74 Å². The van der Waals surface area contributed by atoms with E-state index < -0.39 is 4.92 Å². The lowest BCUT2D eigenvalue weighted by Crippen LogP contribution is -2.23. The van der Waals surface area contributed by atoms with Crippen LogP contribution in [0.3, 0.4) is 0 Å². The van der Waals surface area contributed by atoms with Gasteiger partial charge >= 0.3 is 5.69 Å². The molecule has 8 heteroatoms. The summed E-state index contributed by atoms with van der Waals surface area (Å²) in [5.74, 6) is 0.760. The second kappa shape index (κ2) is 8.35. The molecule has 0 radical (unpaired) electrons. The molecule has 0 fully saturated rings. The highest BCUT2D eigenvalue weighted by molar-refractivity contribution is 5.62. The van der Waals surface area contributed by atoms with Gasteiger partial charge in [0.2, 0.25) is 11.8 Å². The first kappa shape index (κ1) is 17.1. The predicted octanol–water partition coefficient (Wildman–Crippen LogP) is 1.99. The van der Waals surface area contributed by atoms with Gasteiger partial charge in [-0.3, -0.25) is 10.1 Å². The largest absolute Gasteiger partial charge is 0.385 e. The monoisotopic (exact) mass is 297 g/mol. The smallest absolute Gasteiger partial charge is 0.332 e. The van der Waals surface area contributed by atoms with Crippen molar-refractivity contribution in [2.24, 2.45) is 0 Å². The second-order valence-corrected chi connectivity index (χ2v) is 4.76. The number of nitrogens with zero attached hydrogens (tertiary/aromatic N) is 4. The van der Waals surface area contributed by atoms with Crippen LogP contribution in [0.4, 0.5) is 17.5 Å². The van der Waals surface area contributed by atoms with E-state index in [1.165, 1.54) is 0 Å². The van der Waals surface area contributed by atoms with Gasteiger partial charge in [0.25, 0.3) is 0 Å². The normalized spacial score (nSPS) is 10.5. The molecule has 1 heterocycles. The van der Waals surface area contributed by atoms with Crippen LogP contribution in [0.1, 0.15) is 25.5 Å². The van der Waals surface area contributed by atoms with Crippen LogP contribution in [0.25, 0.3) is 0 Å². The van der Waals surface area contributed by atoms with Crippen molar-refractivity contribution in [1.29, 1.82) is 0 Å². The first-order chi connectivity index (χ1) is 10.0. The predicted molar refractivity (Wildman–Crippen MR) is 82.0 cm³/mol. The summed E-state index contributed by atoms with van der Waals surface area (Å²) < 4.78 is 5.00. The molecule has 0 aliphatic rings. The molecule has 0 aromatic carbocycles. The first-order valence-electron chi connectivity index (χ1n) is 6.98. The van der Waals surface area contributed by atoms with Crippen LogP contribution in [0.5, 0.6) is 0 Å². The van der Waals surface area contributed by atoms with Gasteiger partial charge < -0.3 is 15.0 Å². The lowest BCUT2D eigenvalue weighted by molar-refractivity contribution is -0.385. The molecule has 0 saturated carbocycles. The van der Waals surface area contributed by atoms with Gasteiger partial charge in [-0.15, -0.1) is 0 Å². The van der Waals surface area contributed by atoms with Crippen LogP contribution in [-0.4, -0.2) is 48.7 Å². The van der Waals surface area contributed by atoms with E-state index >= 15 is 0 Å². The number of anilines is 2. The van der Waals surface area contributed by atoms with Crippen LogP contribution in [0.15, 0.2) is 0 Å². The van der Waals surface area contributed by atoms with E-state index in [1.54, 1.807) is 26.0 Å². The molecule has 0 aliphatic carbocycles. The van der Waals surface area contributed by atoms with Gasteiger partial charge in [-0.25, -0.2) is 4.98 Å². The Labute approximate surface area is 124 Å². The number of nitrogens with one attached hydrogen (secondary N) is 1. The topological polar surface area (TPSA) is 93.4 Å². The standard InChI is InChI=1S/C13H23N5O3/c1-5-7-14-13-15-10(2)11(18(19)20)12(16-13)17(3)8-6-9-21-4/h5-9H2,1-4H3,(H,14,15,16). The summed E-state index contributed by atoms with van der Waals surface area (Å²) in [6.45, 7) is 5.61. The van der Waals surface area contributed by atoms with Gasteiger partial charge in [-0.05, 0) is 19.8 Å². The zero-order valence-electron chi connectivity index (χ0n) is 13.0. The molecule has 0 spiro atoms. The highest BCUT2D eigenvalue weighted by atomic mass is 16.6. The number of hydrogen-bond donors (Lipinski definition) is 1. The molecule has 0 aliphatic heterocycles. The molecule has 0 saturated heterocycles. The number of ether oxygens (including phenoxy) is 1. The zero-order chi connectivity index (χ0) is 15.8. The summed E-state index contributed by atoms with van der Waals surface area (Å²) in [6.07, 6.45) is 1.70. The molecule has 0 amide bonds. The summed E-state index contributed by atoms with van der Waals surface area (Å²) in [4.78, 5) is 21.0. The van der Waals surface area contributed by atoms with Gasteiger partial charge in [-0.2, -0.15) is 4.98 Å². The molecule has 0 bridgehead atoms. The number of rotatable bonds is 9. The fraction of sp³-hybridized carbons (Fsp3) is 0.692. The van der Waals surface area contributed by atoms with Crippen LogP contribution in [0.2, 0.25) is 0 Å². The van der Waals surface area contributed by atoms with Crippen molar-refractivity contribution in [3.05, 3.63) is 15.8 Å². The zero-order valence-corrected chi connectivity index (χ0v) is 13.0. The molecule has 0 atom stereocenters. The van der Waals surface area contributed by atoms with Gasteiger partial charge in [0, 0.05) is 33.9 Å². The van der Waals surface area contributed by atoms with E-state index in [0.29, 0.717) is 30.6 Å². The summed E-state index contributed by atoms with van der Waals surface area (Å²) in [5, 5.41) is 14.3. The van der Waals surface area contributed by atoms with Crippen molar-refractivity contribution in [1.82, 2.24) is 9.97 Å². The third kappa shape index (κ3) is 4.82. The molecule has 118 valence electrons. The summed E-state index contributed by atoms with van der Waals surface area (Å²) >= 11 is 0. The van der Waals surface area contributed by atoms with Crippen molar-refractivity contribution < 1.29 is 9.66 Å². The fourth-order valence-electron chi connectivity index (χ4n) is 1.90. The maximum absolute atomic E-state index is 11.3. The highest BCUT2D eigenvalue weighted by Gasteiger charge is 2.24. The maximum Gasteiger partial charge on any atom is 0.332 e. The van der Waals surface area contributed by atoms with Crippen LogP contribution < -0.4 is 10.2 Å². The Morgan fingerprint density at radius 1 is 1.43 bits per heavy atom. The average molecular weight is 297 g/mol. The lowest BCUT2D eigenvalue weighted by atomic mass is 10.3. The molecule has 0 unspecified atom stereocenters. The van der Waals surface area contributed by atoms with Crippen molar-refractivity contribution in [3.8, 4) is 0 Å². The minimum absolute atomic E-state index is 0.0445. The van der Waals surface area contributed by atoms with Crippen molar-refractivity contribution in [2.45, 2.75) is 26.7 Å². The Hall–Kier alpha value is -1.96. The summed E-state index contributed by atoms with van der Waals surface area (Å²) in [5.41, 5.74) is 0.319. The Morgan fingerprint density at radius 2 is 2.14 bits per heavy atom. The minimum Gasteiger partial charge on any atom is -0.385 e. The van der Waals surface area contributed by atoms with E-state index in [1.807, 2.05) is 6.92 Å². The van der Waals surface area contributed by atoms with Gasteiger partial charge in [0.05, 0.1) is 4.92 Å². The number of methoxy groups -OCH3 is 1. The van der Waals surface area contributed by atoms with Crippen molar-refractivity contribution >= 4 is 17.5 Å². The van der Waals surface area contributed by atoms with E-state index in [4.69, 9.17) is 4.74 Å². The van der Waals surface area contributed by atoms with Gasteiger partial charge in [0.1, 0.15) is 5.69 Å². The minimum atomic E-state index is -0.429. The molecular weight excluding hydrogens is 274 g/mol. The SMILES string of the molecule is CCCNc1nc(C)c([N+](=O)[O-])c(N(C)CCCOC)n1. The Bertz CT molecular complexity index is 481. The van der Waals surface area contributed by atoms with Crippen molar-refractivity contribution in [3.63, 3.8) is 0 Å². The summed E-state index contributed by atoms with van der Waals surface area (Å²) in [6, 6.07) is 0. The number of nitro groups is 1. The van der Waals surface area contributed by atoms with Crippen molar-refractivity contribution in [2.75, 3.05) is 44.1 Å². The summed E-state index contributed by atoms with van der Waals surface area (Å²) in [7, 11) is 3.41. The fourth-order valence-corrected chi connectivity index (χ4v) is 1.90. The Kier molecular flexibility index (Phi) is 6.80. The second-order valence-electron chi connectivity index (χ2n) is 4.76. The third-order valence-electron chi connectivity index (χ3n) is 2.96. The van der Waals surface area contributed by atoms with Gasteiger partial charge in [-0.1, -0.05) is 6.92 Å². The lowest BCUT2D eigenvalue weighted by Gasteiger charge is -2.19. The van der Waals surface area contributed by atoms with E-state index in [9.17, 15) is 10.1 Å². The van der Waals surface area contributed by atoms with Crippen LogP contribution in [0, 0.1) is 17.0 Å². The molecule has 1 aromatic rings. The number of hydrogen-bond acceptors (Lipinski definition) is 7. The quantitative estimate of drug-likeness (QED) is 0.423. The molecule has 1 aromatic heterocycles. The highest BCUT2D eigenvalue weighted by Crippen LogP contribution is 2.29. The Balaban J connectivity index is 3.05. The molecule has 21 heavy (non-hydrogen) atoms. The number of aromatic nitrogens is 2. The molecule has 1 N–H and O–H groups in total. The molecular formula is C13H23N5O3. The number of aryl methyl sites for hydroxylation is 1. The van der Waals surface area contributed by atoms with E-state index in [0.717, 1.165) is 19.4 Å². The third-order valence-corrected chi connectivity index (χ3v) is 2.96. The molecule has 8 nitrogen and oxygen atoms in total. The molecule has 1 rings (SSSR count). The average Bonchev–Trinajstić information content (AvgIpc) is 2.44. The van der Waals surface area contributed by atoms with E-state index in [2.05, 4.69) is 15.3 Å². The first-order valence-corrected chi connectivity index (χ1v) is 6.98. The van der Waals surface area contributed by atoms with E-state index in [-0.39, 0.29) is 5.69 Å². The van der Waals surface area contributed by atoms with Crippen LogP contribution >= 0.6 is 0 Å².